The zero-order valence-electron chi connectivity index (χ0n) is 36.9. The van der Waals surface area contributed by atoms with Gasteiger partial charge in [-0.1, -0.05) is 63.3 Å². The first kappa shape index (κ1) is 49.6. The molecule has 4 bridgehead atoms. The van der Waals surface area contributed by atoms with Gasteiger partial charge < -0.3 is 52.8 Å². The number of nitriles is 1. The van der Waals surface area contributed by atoms with Crippen LogP contribution in [-0.2, 0) is 32.0 Å². The van der Waals surface area contributed by atoms with Gasteiger partial charge in [0.2, 0.25) is 23.6 Å². The van der Waals surface area contributed by atoms with Gasteiger partial charge in [0.05, 0.1) is 6.07 Å². The molecule has 16 heteroatoms. The van der Waals surface area contributed by atoms with Gasteiger partial charge in [0.25, 0.3) is 5.91 Å². The standard InChI is InChI=1S/C47H65N9O7/c1-4-5-6-7-8-9-11-32-13-16-34(17-14-32)44(58)54-38(12-10-21-48)47(61)56(3)42-35-18-20-41(63-27-24-51)37(30-35)36-28-33(15-19-40(36)62-26-23-50)29-39(45(59)52-25-22-49)55-43(57)31(2)53-46(42)60/h13-20,28,30-31,38-39,42H,4-12,21,23-27,29,48,50-51H2,1-3H3,(H,52,59)(H,53,60)(H,54,58)(H,55,57)/t31-,38-,39-,42-/m0/s1. The molecule has 1 heterocycles. The van der Waals surface area contributed by atoms with Crippen LogP contribution in [0.2, 0.25) is 0 Å². The zero-order chi connectivity index (χ0) is 45.7. The van der Waals surface area contributed by atoms with Gasteiger partial charge in [0.15, 0.2) is 0 Å². The molecule has 3 aromatic rings. The van der Waals surface area contributed by atoms with Gasteiger partial charge in [-0.2, -0.15) is 5.26 Å². The molecule has 63 heavy (non-hydrogen) atoms. The lowest BCUT2D eigenvalue weighted by molar-refractivity contribution is -0.141. The number of benzene rings is 3. The maximum Gasteiger partial charge on any atom is 0.251 e. The number of fused-ring (bicyclic) bond motifs is 5. The summed E-state index contributed by atoms with van der Waals surface area (Å²) in [6.07, 6.45) is 8.63. The fourth-order valence-corrected chi connectivity index (χ4v) is 7.46. The highest BCUT2D eigenvalue weighted by atomic mass is 16.5. The third-order valence-electron chi connectivity index (χ3n) is 10.9. The smallest absolute Gasteiger partial charge is 0.251 e. The van der Waals surface area contributed by atoms with Gasteiger partial charge in [-0.05, 0) is 92.2 Å². The fraction of sp³-hybridized carbons (Fsp3) is 0.489. The Morgan fingerprint density at radius 3 is 2.14 bits per heavy atom. The number of hydrogen-bond acceptors (Lipinski definition) is 11. The highest BCUT2D eigenvalue weighted by molar-refractivity contribution is 5.99. The molecule has 0 radical (unpaired) electrons. The molecule has 0 saturated carbocycles. The Morgan fingerprint density at radius 1 is 0.841 bits per heavy atom. The summed E-state index contributed by atoms with van der Waals surface area (Å²) in [5.41, 5.74) is 21.1. The SMILES string of the molecule is CCCCCCCCc1ccc(C(=O)N[C@@H](CCCN)C(=O)N(C)[C@@H]2C(=O)N[C@@H](C)C(=O)N[C@H](C(=O)NCC#N)Cc3ccc(OCCN)c(c3)-c3cc2ccc3OCCN)cc1. The Bertz CT molecular complexity index is 2040. The normalized spacial score (nSPS) is 16.6. The maximum atomic E-state index is 14.6. The van der Waals surface area contributed by atoms with Gasteiger partial charge in [0.1, 0.15) is 55.4 Å². The van der Waals surface area contributed by atoms with E-state index in [4.69, 9.17) is 31.9 Å². The molecular weight excluding hydrogens is 803 g/mol. The molecule has 0 fully saturated rings. The molecule has 0 aromatic heterocycles. The van der Waals surface area contributed by atoms with Crippen molar-refractivity contribution >= 4 is 29.5 Å². The molecule has 16 nitrogen and oxygen atoms in total. The number of rotatable bonds is 22. The van der Waals surface area contributed by atoms with Crippen LogP contribution in [0.5, 0.6) is 11.5 Å². The van der Waals surface area contributed by atoms with Crippen LogP contribution in [0.3, 0.4) is 0 Å². The number of amides is 5. The Morgan fingerprint density at radius 2 is 1.49 bits per heavy atom. The van der Waals surface area contributed by atoms with E-state index >= 15 is 0 Å². The number of aryl methyl sites for hydroxylation is 1. The lowest BCUT2D eigenvalue weighted by Gasteiger charge is -2.32. The van der Waals surface area contributed by atoms with E-state index < -0.39 is 53.7 Å². The number of ether oxygens (including phenoxy) is 2. The van der Waals surface area contributed by atoms with Crippen LogP contribution in [0.15, 0.2) is 60.7 Å². The quantitative estimate of drug-likeness (QED) is 0.0570. The molecule has 4 atom stereocenters. The van der Waals surface area contributed by atoms with E-state index in [0.717, 1.165) is 24.8 Å². The third-order valence-corrected chi connectivity index (χ3v) is 10.9. The van der Waals surface area contributed by atoms with Crippen molar-refractivity contribution in [1.82, 2.24) is 26.2 Å². The van der Waals surface area contributed by atoms with Crippen molar-refractivity contribution in [2.75, 3.05) is 46.4 Å². The predicted octanol–water partition coefficient (Wildman–Crippen LogP) is 3.15. The zero-order valence-corrected chi connectivity index (χ0v) is 36.9. The van der Waals surface area contributed by atoms with Crippen LogP contribution in [0, 0.1) is 11.3 Å². The molecule has 1 aliphatic heterocycles. The van der Waals surface area contributed by atoms with E-state index in [9.17, 15) is 24.0 Å². The molecule has 0 saturated heterocycles. The average Bonchev–Trinajstić information content (AvgIpc) is 3.28. The molecule has 4 rings (SSSR count). The molecular formula is C47H65N9O7. The number of unbranched alkanes of at least 4 members (excludes halogenated alkanes) is 5. The van der Waals surface area contributed by atoms with E-state index in [-0.39, 0.29) is 52.2 Å². The third kappa shape index (κ3) is 14.5. The number of carbonyl (C=O) groups excluding carboxylic acids is 5. The van der Waals surface area contributed by atoms with Crippen LogP contribution in [0.4, 0.5) is 0 Å². The molecule has 3 aromatic carbocycles. The summed E-state index contributed by atoms with van der Waals surface area (Å²) in [4.78, 5) is 71.2. The van der Waals surface area contributed by atoms with Gasteiger partial charge in [-0.15, -0.1) is 0 Å². The number of nitrogens with one attached hydrogen (secondary N) is 4. The molecule has 1 aliphatic rings. The Hall–Kier alpha value is -6.02. The van der Waals surface area contributed by atoms with Crippen molar-refractivity contribution in [1.29, 1.82) is 5.26 Å². The topological polar surface area (TPSA) is 257 Å². The molecule has 340 valence electrons. The lowest BCUT2D eigenvalue weighted by atomic mass is 9.93. The summed E-state index contributed by atoms with van der Waals surface area (Å²) in [6, 6.07) is 14.8. The van der Waals surface area contributed by atoms with E-state index in [1.165, 1.54) is 44.6 Å². The van der Waals surface area contributed by atoms with E-state index in [2.05, 4.69) is 28.2 Å². The van der Waals surface area contributed by atoms with Gasteiger partial charge in [-0.25, -0.2) is 0 Å². The van der Waals surface area contributed by atoms with Crippen molar-refractivity contribution in [3.05, 3.63) is 82.9 Å². The first-order valence-corrected chi connectivity index (χ1v) is 22.0. The van der Waals surface area contributed by atoms with E-state index in [1.54, 1.807) is 48.5 Å². The van der Waals surface area contributed by atoms with Gasteiger partial charge >= 0.3 is 0 Å². The minimum atomic E-state index is -1.34. The van der Waals surface area contributed by atoms with Gasteiger partial charge in [-0.3, -0.25) is 24.0 Å². The first-order valence-electron chi connectivity index (χ1n) is 22.0. The first-order chi connectivity index (χ1) is 30.4. The lowest BCUT2D eigenvalue weighted by Crippen LogP contribution is -2.56. The molecule has 0 unspecified atom stereocenters. The molecule has 10 N–H and O–H groups in total. The number of nitrogens with two attached hydrogens (primary N) is 3. The van der Waals surface area contributed by atoms with Crippen LogP contribution < -0.4 is 47.9 Å². The summed E-state index contributed by atoms with van der Waals surface area (Å²) in [6.45, 7) is 4.36. The second kappa shape index (κ2) is 25.8. The Balaban J connectivity index is 1.76. The minimum Gasteiger partial charge on any atom is -0.492 e. The van der Waals surface area contributed by atoms with Crippen molar-refractivity contribution in [2.45, 2.75) is 102 Å². The molecule has 0 aliphatic carbocycles. The van der Waals surface area contributed by atoms with Crippen LogP contribution in [0.25, 0.3) is 11.1 Å². The van der Waals surface area contributed by atoms with Crippen molar-refractivity contribution in [2.24, 2.45) is 17.2 Å². The Labute approximate surface area is 371 Å². The second-order valence-electron chi connectivity index (χ2n) is 15.8. The van der Waals surface area contributed by atoms with Crippen molar-refractivity contribution in [3.8, 4) is 28.7 Å². The highest BCUT2D eigenvalue weighted by Gasteiger charge is 2.36. The number of likely N-dealkylation sites (N-methyl/N-ethyl adjacent to an activating group) is 1. The van der Waals surface area contributed by atoms with Crippen molar-refractivity contribution < 1.29 is 33.4 Å². The summed E-state index contributed by atoms with van der Waals surface area (Å²) < 4.78 is 12.2. The highest BCUT2D eigenvalue weighted by Crippen LogP contribution is 2.40. The number of carbonyl (C=O) groups is 5. The maximum absolute atomic E-state index is 14.6. The van der Waals surface area contributed by atoms with Gasteiger partial charge in [0, 0.05) is 43.2 Å². The van der Waals surface area contributed by atoms with E-state index in [0.29, 0.717) is 45.7 Å². The fourth-order valence-electron chi connectivity index (χ4n) is 7.46. The second-order valence-corrected chi connectivity index (χ2v) is 15.8. The van der Waals surface area contributed by atoms with Crippen molar-refractivity contribution in [3.63, 3.8) is 0 Å². The van der Waals surface area contributed by atoms with Crippen LogP contribution in [-0.4, -0.2) is 99.0 Å². The Kier molecular flexibility index (Phi) is 20.3. The molecule has 0 spiro atoms. The average molecular weight is 868 g/mol. The largest absolute Gasteiger partial charge is 0.492 e. The monoisotopic (exact) mass is 868 g/mol. The number of nitrogens with zero attached hydrogens (tertiary/aromatic N) is 2. The number of hydrogen-bond donors (Lipinski definition) is 7. The summed E-state index contributed by atoms with van der Waals surface area (Å²) in [5.74, 6) is -2.20. The van der Waals surface area contributed by atoms with Crippen LogP contribution in [0.1, 0.15) is 98.3 Å². The minimum absolute atomic E-state index is 0.0195. The van der Waals surface area contributed by atoms with Crippen LogP contribution >= 0.6 is 0 Å². The summed E-state index contributed by atoms with van der Waals surface area (Å²) in [5, 5.41) is 20.0. The summed E-state index contributed by atoms with van der Waals surface area (Å²) in [7, 11) is 1.46. The summed E-state index contributed by atoms with van der Waals surface area (Å²) >= 11 is 0. The van der Waals surface area contributed by atoms with E-state index in [1.807, 2.05) is 18.2 Å². The molecule has 5 amide bonds. The predicted molar refractivity (Wildman–Crippen MR) is 241 cm³/mol.